The van der Waals surface area contributed by atoms with Gasteiger partial charge in [-0.25, -0.2) is 9.37 Å². The summed E-state index contributed by atoms with van der Waals surface area (Å²) < 4.78 is 19.4. The van der Waals surface area contributed by atoms with E-state index in [1.54, 1.807) is 11.4 Å². The van der Waals surface area contributed by atoms with Crippen LogP contribution in [0.25, 0.3) is 0 Å². The van der Waals surface area contributed by atoms with Crippen LogP contribution in [0.4, 0.5) is 4.39 Å². The Hall–Kier alpha value is -1.79. The Morgan fingerprint density at radius 1 is 1.33 bits per heavy atom. The van der Waals surface area contributed by atoms with Crippen LogP contribution in [0.3, 0.4) is 0 Å². The molecule has 1 aromatic heterocycles. The quantitative estimate of drug-likeness (QED) is 0.840. The number of carbonyl (C=O) groups excluding carboxylic acids is 1. The zero-order chi connectivity index (χ0) is 18.7. The number of benzene rings is 1. The lowest BCUT2D eigenvalue weighted by molar-refractivity contribution is -0.107. The topological polar surface area (TPSA) is 51.2 Å². The number of hydrogen-bond acceptors (Lipinski definition) is 4. The van der Waals surface area contributed by atoms with Crippen LogP contribution in [0.1, 0.15) is 66.0 Å². The summed E-state index contributed by atoms with van der Waals surface area (Å²) in [6.45, 7) is 0.715. The number of carbonyl (C=O) groups is 1. The lowest BCUT2D eigenvalue weighted by Gasteiger charge is -2.43. The molecule has 1 N–H and O–H groups in total. The number of ether oxygens (including phenoxy) is 1. The fourth-order valence-corrected chi connectivity index (χ4v) is 5.08. The minimum absolute atomic E-state index is 0.0287. The average molecular weight is 389 g/mol. The molecule has 27 heavy (non-hydrogen) atoms. The molecule has 6 heteroatoms. The van der Waals surface area contributed by atoms with Gasteiger partial charge in [0, 0.05) is 24.4 Å². The van der Waals surface area contributed by atoms with Gasteiger partial charge < -0.3 is 10.1 Å². The van der Waals surface area contributed by atoms with Crippen LogP contribution in [0, 0.1) is 5.82 Å². The van der Waals surface area contributed by atoms with Crippen LogP contribution in [0.15, 0.2) is 29.6 Å². The first-order valence-electron chi connectivity index (χ1n) is 9.76. The highest BCUT2D eigenvalue weighted by atomic mass is 32.1. The Labute approximate surface area is 163 Å². The van der Waals surface area contributed by atoms with E-state index in [1.165, 1.54) is 42.7 Å². The Balaban J connectivity index is 1.36. The number of rotatable bonds is 4. The second-order valence-corrected chi connectivity index (χ2v) is 8.63. The van der Waals surface area contributed by atoms with Gasteiger partial charge in [-0.2, -0.15) is 0 Å². The summed E-state index contributed by atoms with van der Waals surface area (Å²) in [5.41, 5.74) is 1.29. The molecule has 0 bridgehead atoms. The van der Waals surface area contributed by atoms with Gasteiger partial charge in [0.05, 0.1) is 10.6 Å². The Kier molecular flexibility index (Phi) is 5.55. The second kappa shape index (κ2) is 8.07. The normalized spacial score (nSPS) is 21.9. The number of thiazole rings is 1. The Morgan fingerprint density at radius 3 is 3.00 bits per heavy atom. The van der Waals surface area contributed by atoms with Gasteiger partial charge in [-0.3, -0.25) is 4.79 Å². The van der Waals surface area contributed by atoms with Gasteiger partial charge in [0.25, 0.3) is 5.91 Å². The molecule has 144 valence electrons. The van der Waals surface area contributed by atoms with Crippen molar-refractivity contribution < 1.29 is 13.9 Å². The molecule has 2 aliphatic rings. The lowest BCUT2D eigenvalue weighted by atomic mass is 9.78. The molecule has 1 saturated heterocycles. The van der Waals surface area contributed by atoms with E-state index in [-0.39, 0.29) is 23.4 Å². The fraction of sp³-hybridized carbons (Fsp3) is 0.524. The smallest absolute Gasteiger partial charge is 0.270 e. The molecule has 1 amide bonds. The third kappa shape index (κ3) is 4.55. The molecular formula is C21H25FN2O2S. The van der Waals surface area contributed by atoms with E-state index in [0.29, 0.717) is 18.7 Å². The van der Waals surface area contributed by atoms with Crippen molar-refractivity contribution in [1.82, 2.24) is 10.3 Å². The number of amides is 1. The van der Waals surface area contributed by atoms with Crippen molar-refractivity contribution in [3.05, 3.63) is 51.7 Å². The van der Waals surface area contributed by atoms with E-state index >= 15 is 0 Å². The molecule has 1 saturated carbocycles. The van der Waals surface area contributed by atoms with Crippen LogP contribution < -0.4 is 5.32 Å². The van der Waals surface area contributed by atoms with E-state index in [1.807, 2.05) is 6.07 Å². The number of nitrogens with one attached hydrogen (secondary N) is 1. The highest BCUT2D eigenvalue weighted by molar-refractivity contribution is 7.09. The summed E-state index contributed by atoms with van der Waals surface area (Å²) in [6, 6.07) is 6.65. The van der Waals surface area contributed by atoms with Gasteiger partial charge in [-0.05, 0) is 43.4 Å². The van der Waals surface area contributed by atoms with Gasteiger partial charge in [-0.15, -0.1) is 11.3 Å². The standard InChI is InChI=1S/C21H25FN2O2S/c22-16-6-4-5-15(11-16)12-19-24-18(14-27-19)20(25)23-17-7-10-26-21(13-17)8-2-1-3-9-21/h4-6,11,14,17H,1-3,7-10,12-13H2,(H,23,25). The molecule has 2 aromatic rings. The summed E-state index contributed by atoms with van der Waals surface area (Å²) >= 11 is 1.44. The monoisotopic (exact) mass is 388 g/mol. The van der Waals surface area contributed by atoms with Crippen molar-refractivity contribution in [3.63, 3.8) is 0 Å². The first kappa shape index (κ1) is 18.6. The van der Waals surface area contributed by atoms with Gasteiger partial charge in [0.15, 0.2) is 0 Å². The zero-order valence-electron chi connectivity index (χ0n) is 15.4. The molecule has 2 heterocycles. The van der Waals surface area contributed by atoms with E-state index < -0.39 is 0 Å². The van der Waals surface area contributed by atoms with E-state index in [0.717, 1.165) is 36.3 Å². The lowest BCUT2D eigenvalue weighted by Crippen LogP contribution is -2.49. The molecule has 1 aliphatic heterocycles. The molecular weight excluding hydrogens is 363 g/mol. The highest BCUT2D eigenvalue weighted by Gasteiger charge is 2.39. The summed E-state index contributed by atoms with van der Waals surface area (Å²) in [5, 5.41) is 5.77. The Bertz CT molecular complexity index is 795. The summed E-state index contributed by atoms with van der Waals surface area (Å²) in [6.07, 6.45) is 8.23. The third-order valence-electron chi connectivity index (χ3n) is 5.62. The van der Waals surface area contributed by atoms with Gasteiger partial charge in [-0.1, -0.05) is 31.4 Å². The van der Waals surface area contributed by atoms with E-state index in [2.05, 4.69) is 10.3 Å². The summed E-state index contributed by atoms with van der Waals surface area (Å²) in [5.74, 6) is -0.368. The first-order valence-corrected chi connectivity index (χ1v) is 10.6. The highest BCUT2D eigenvalue weighted by Crippen LogP contribution is 2.38. The van der Waals surface area contributed by atoms with Crippen LogP contribution in [0.2, 0.25) is 0 Å². The molecule has 4 nitrogen and oxygen atoms in total. The maximum absolute atomic E-state index is 13.3. The summed E-state index contributed by atoms with van der Waals surface area (Å²) in [7, 11) is 0. The van der Waals surface area contributed by atoms with Crippen LogP contribution in [-0.2, 0) is 11.2 Å². The molecule has 2 fully saturated rings. The van der Waals surface area contributed by atoms with Gasteiger partial charge in [0.2, 0.25) is 0 Å². The van der Waals surface area contributed by atoms with Crippen LogP contribution >= 0.6 is 11.3 Å². The van der Waals surface area contributed by atoms with Gasteiger partial charge in [0.1, 0.15) is 11.5 Å². The molecule has 1 aromatic carbocycles. The van der Waals surface area contributed by atoms with Crippen molar-refractivity contribution in [1.29, 1.82) is 0 Å². The summed E-state index contributed by atoms with van der Waals surface area (Å²) in [4.78, 5) is 17.1. The SMILES string of the molecule is O=C(NC1CCOC2(CCCCC2)C1)c1csc(Cc2cccc(F)c2)n1. The maximum Gasteiger partial charge on any atom is 0.270 e. The average Bonchev–Trinajstić information content (AvgIpc) is 3.11. The van der Waals surface area contributed by atoms with E-state index in [4.69, 9.17) is 4.74 Å². The molecule has 1 unspecified atom stereocenters. The minimum Gasteiger partial charge on any atom is -0.375 e. The fourth-order valence-electron chi connectivity index (χ4n) is 4.27. The van der Waals surface area contributed by atoms with Crippen LogP contribution in [-0.4, -0.2) is 29.1 Å². The van der Waals surface area contributed by atoms with Gasteiger partial charge >= 0.3 is 0 Å². The van der Waals surface area contributed by atoms with Crippen molar-refractivity contribution in [3.8, 4) is 0 Å². The molecule has 4 rings (SSSR count). The Morgan fingerprint density at radius 2 is 2.19 bits per heavy atom. The number of halogens is 1. The largest absolute Gasteiger partial charge is 0.375 e. The zero-order valence-corrected chi connectivity index (χ0v) is 16.2. The maximum atomic E-state index is 13.3. The van der Waals surface area contributed by atoms with Crippen molar-refractivity contribution in [2.75, 3.05) is 6.61 Å². The van der Waals surface area contributed by atoms with Crippen molar-refractivity contribution in [2.24, 2.45) is 0 Å². The molecule has 1 atom stereocenters. The van der Waals surface area contributed by atoms with Crippen molar-refractivity contribution >= 4 is 17.2 Å². The first-order chi connectivity index (χ1) is 13.1. The number of hydrogen-bond donors (Lipinski definition) is 1. The predicted molar refractivity (Wildman–Crippen MR) is 104 cm³/mol. The minimum atomic E-state index is -0.252. The predicted octanol–water partition coefficient (Wildman–Crippen LogP) is 4.48. The molecule has 1 aliphatic carbocycles. The molecule has 0 radical (unpaired) electrons. The van der Waals surface area contributed by atoms with E-state index in [9.17, 15) is 9.18 Å². The second-order valence-electron chi connectivity index (χ2n) is 7.69. The number of nitrogens with zero attached hydrogens (tertiary/aromatic N) is 1. The third-order valence-corrected chi connectivity index (χ3v) is 6.47. The molecule has 1 spiro atoms. The number of aromatic nitrogens is 1. The van der Waals surface area contributed by atoms with Crippen molar-refractivity contribution in [2.45, 2.75) is 63.0 Å². The van der Waals surface area contributed by atoms with Crippen LogP contribution in [0.5, 0.6) is 0 Å².